The highest BCUT2D eigenvalue weighted by Crippen LogP contribution is 2.49. The fourth-order valence-corrected chi connectivity index (χ4v) is 5.27. The minimum absolute atomic E-state index is 0.0778. The smallest absolute Gasteiger partial charge is 0.394 e. The second-order valence-electron chi connectivity index (χ2n) is 8.72. The summed E-state index contributed by atoms with van der Waals surface area (Å²) >= 11 is 0. The fraction of sp³-hybridized carbons (Fsp3) is 0.526. The van der Waals surface area contributed by atoms with Crippen LogP contribution in [0.25, 0.3) is 11.2 Å². The number of fused-ring (bicyclic) bond motifs is 1. The maximum atomic E-state index is 12.8. The lowest BCUT2D eigenvalue weighted by Crippen LogP contribution is -2.39. The SMILES string of the molecule is Nc1ncnc2c1ncn2[C@@H]1O[C@H](COP(=O)(O)O[C@@H]2[C@H](O)[C@@H](CO)O[C@H]2n2ccc(=O)[nH]c2=O)[C@@H](O)[C@H]1O. The summed E-state index contributed by atoms with van der Waals surface area (Å²) < 4.78 is 36.0. The standard InChI is InChI=1S/C19H24N7O12P/c20-15-10-16(22-5-21-15)26(6-23-10)17-13(31)11(29)8(37-17)4-35-39(33,34)38-14-12(30)7(3-27)36-18(14)25-2-1-9(28)24-19(25)32/h1-2,5-8,11-14,17-18,27,29-31H,3-4H2,(H,33,34)(H2,20,21,22)(H,24,28,32)/t7-,8-,11-,12-,13-,14-,17-,18-/m1/s1. The summed E-state index contributed by atoms with van der Waals surface area (Å²) in [6, 6.07) is 0.972. The van der Waals surface area contributed by atoms with Crippen LogP contribution in [0.5, 0.6) is 0 Å². The van der Waals surface area contributed by atoms with Gasteiger partial charge < -0.3 is 40.5 Å². The molecular weight excluding hydrogens is 549 g/mol. The molecule has 3 aromatic rings. The van der Waals surface area contributed by atoms with Gasteiger partial charge in [0.2, 0.25) is 0 Å². The Morgan fingerprint density at radius 2 is 1.79 bits per heavy atom. The van der Waals surface area contributed by atoms with Crippen LogP contribution in [0.15, 0.2) is 34.5 Å². The number of nitrogens with two attached hydrogens (primary N) is 1. The molecule has 5 heterocycles. The highest BCUT2D eigenvalue weighted by Gasteiger charge is 2.50. The quantitative estimate of drug-likeness (QED) is 0.128. The van der Waals surface area contributed by atoms with Gasteiger partial charge in [0, 0.05) is 12.3 Å². The van der Waals surface area contributed by atoms with Crippen LogP contribution in [0.2, 0.25) is 0 Å². The number of nitrogens with one attached hydrogen (secondary N) is 1. The molecule has 1 unspecified atom stereocenters. The zero-order valence-corrected chi connectivity index (χ0v) is 20.6. The van der Waals surface area contributed by atoms with Crippen LogP contribution in [0.4, 0.5) is 5.82 Å². The van der Waals surface area contributed by atoms with Crippen molar-refractivity contribution in [1.29, 1.82) is 0 Å². The van der Waals surface area contributed by atoms with Crippen molar-refractivity contribution in [3.8, 4) is 0 Å². The minimum Gasteiger partial charge on any atom is -0.394 e. The molecule has 19 nitrogen and oxygen atoms in total. The molecule has 0 amide bonds. The molecule has 0 bridgehead atoms. The number of phosphoric acid groups is 1. The highest BCUT2D eigenvalue weighted by molar-refractivity contribution is 7.47. The molecule has 2 aliphatic rings. The lowest BCUT2D eigenvalue weighted by atomic mass is 10.1. The van der Waals surface area contributed by atoms with E-state index in [1.165, 1.54) is 17.2 Å². The molecule has 2 aliphatic heterocycles. The average Bonchev–Trinajstić information content (AvgIpc) is 3.53. The largest absolute Gasteiger partial charge is 0.472 e. The van der Waals surface area contributed by atoms with E-state index in [1.54, 1.807) is 0 Å². The number of phosphoric ester groups is 1. The Morgan fingerprint density at radius 3 is 2.51 bits per heavy atom. The lowest BCUT2D eigenvalue weighted by molar-refractivity contribution is -0.0635. The lowest BCUT2D eigenvalue weighted by Gasteiger charge is -2.25. The van der Waals surface area contributed by atoms with Crippen LogP contribution in [-0.2, 0) is 23.1 Å². The maximum absolute atomic E-state index is 12.8. The predicted octanol–water partition coefficient (Wildman–Crippen LogP) is -3.67. The first-order valence-corrected chi connectivity index (χ1v) is 12.9. The first kappa shape index (κ1) is 27.5. The Bertz CT molecular complexity index is 1510. The molecule has 8 N–H and O–H groups in total. The van der Waals surface area contributed by atoms with Crippen molar-refractivity contribution in [2.24, 2.45) is 0 Å². The van der Waals surface area contributed by atoms with E-state index in [0.717, 1.165) is 16.8 Å². The third-order valence-electron chi connectivity index (χ3n) is 6.27. The van der Waals surface area contributed by atoms with Gasteiger partial charge >= 0.3 is 13.5 Å². The molecule has 0 saturated carbocycles. The number of nitrogens with zero attached hydrogens (tertiary/aromatic N) is 5. The van der Waals surface area contributed by atoms with Crippen molar-refractivity contribution >= 4 is 24.8 Å². The summed E-state index contributed by atoms with van der Waals surface area (Å²) in [6.07, 6.45) is -8.47. The Labute approximate surface area is 216 Å². The maximum Gasteiger partial charge on any atom is 0.472 e. The van der Waals surface area contributed by atoms with E-state index in [2.05, 4.69) is 15.0 Å². The van der Waals surface area contributed by atoms with Crippen molar-refractivity contribution in [3.63, 3.8) is 0 Å². The number of anilines is 1. The Morgan fingerprint density at radius 1 is 1.05 bits per heavy atom. The van der Waals surface area contributed by atoms with E-state index in [9.17, 15) is 39.5 Å². The molecule has 39 heavy (non-hydrogen) atoms. The summed E-state index contributed by atoms with van der Waals surface area (Å²) in [7, 11) is -5.06. The number of nitrogen functional groups attached to an aromatic ring is 1. The second-order valence-corrected chi connectivity index (χ2v) is 10.1. The van der Waals surface area contributed by atoms with Gasteiger partial charge in [0.25, 0.3) is 5.56 Å². The molecule has 2 fully saturated rings. The summed E-state index contributed by atoms with van der Waals surface area (Å²) in [5, 5.41) is 41.0. The zero-order chi connectivity index (χ0) is 28.1. The third kappa shape index (κ3) is 5.12. The van der Waals surface area contributed by atoms with Gasteiger partial charge in [0.15, 0.2) is 23.9 Å². The molecule has 9 atom stereocenters. The molecule has 3 aromatic heterocycles. The number of aromatic nitrogens is 6. The van der Waals surface area contributed by atoms with Crippen molar-refractivity contribution in [3.05, 3.63) is 45.8 Å². The molecule has 0 radical (unpaired) electrons. The predicted molar refractivity (Wildman–Crippen MR) is 125 cm³/mol. The number of aliphatic hydroxyl groups is 4. The van der Waals surface area contributed by atoms with Crippen molar-refractivity contribution in [2.75, 3.05) is 18.9 Å². The van der Waals surface area contributed by atoms with Crippen LogP contribution >= 0.6 is 7.82 Å². The molecule has 0 spiro atoms. The Balaban J connectivity index is 1.29. The van der Waals surface area contributed by atoms with Crippen molar-refractivity contribution in [2.45, 2.75) is 49.1 Å². The molecular formula is C19H24N7O12P. The summed E-state index contributed by atoms with van der Waals surface area (Å²) in [4.78, 5) is 47.8. The van der Waals surface area contributed by atoms with Gasteiger partial charge in [-0.3, -0.25) is 28.0 Å². The minimum atomic E-state index is -5.06. The van der Waals surface area contributed by atoms with Gasteiger partial charge in [0.1, 0.15) is 48.5 Å². The van der Waals surface area contributed by atoms with E-state index in [0.29, 0.717) is 0 Å². The summed E-state index contributed by atoms with van der Waals surface area (Å²) in [5.41, 5.74) is 4.50. The van der Waals surface area contributed by atoms with Crippen molar-refractivity contribution in [1.82, 2.24) is 29.1 Å². The van der Waals surface area contributed by atoms with Crippen molar-refractivity contribution < 1.29 is 48.4 Å². The molecule has 0 aliphatic carbocycles. The van der Waals surface area contributed by atoms with E-state index < -0.39 is 81.4 Å². The first-order valence-electron chi connectivity index (χ1n) is 11.4. The van der Waals surface area contributed by atoms with Gasteiger partial charge in [-0.25, -0.2) is 24.3 Å². The van der Waals surface area contributed by atoms with Gasteiger partial charge in [-0.15, -0.1) is 0 Å². The number of aromatic amines is 1. The first-order chi connectivity index (χ1) is 18.5. The summed E-state index contributed by atoms with van der Waals surface area (Å²) in [6.45, 7) is -1.49. The van der Waals surface area contributed by atoms with E-state index in [-0.39, 0.29) is 17.0 Å². The molecule has 2 saturated heterocycles. The number of H-pyrrole nitrogens is 1. The molecule has 5 rings (SSSR count). The van der Waals surface area contributed by atoms with Crippen LogP contribution in [-0.4, -0.2) is 104 Å². The fourth-order valence-electron chi connectivity index (χ4n) is 4.34. The third-order valence-corrected chi connectivity index (χ3v) is 7.26. The topological polar surface area (TPSA) is 280 Å². The number of aliphatic hydroxyl groups excluding tert-OH is 4. The average molecular weight is 573 g/mol. The van der Waals surface area contributed by atoms with Crippen LogP contribution < -0.4 is 17.0 Å². The Hall–Kier alpha value is -3.10. The van der Waals surface area contributed by atoms with E-state index in [4.69, 9.17) is 24.3 Å². The van der Waals surface area contributed by atoms with Crippen LogP contribution in [0, 0.1) is 0 Å². The molecule has 20 heteroatoms. The Kier molecular flexibility index (Phi) is 7.37. The summed E-state index contributed by atoms with van der Waals surface area (Å²) in [5.74, 6) is 0.0778. The van der Waals surface area contributed by atoms with Gasteiger partial charge in [0.05, 0.1) is 19.5 Å². The molecule has 212 valence electrons. The zero-order valence-electron chi connectivity index (χ0n) is 19.7. The number of hydrogen-bond donors (Lipinski definition) is 7. The molecule has 0 aromatic carbocycles. The highest BCUT2D eigenvalue weighted by atomic mass is 31.2. The van der Waals surface area contributed by atoms with Crippen LogP contribution in [0.3, 0.4) is 0 Å². The van der Waals surface area contributed by atoms with Gasteiger partial charge in [-0.05, 0) is 0 Å². The second kappa shape index (κ2) is 10.5. The number of rotatable bonds is 8. The number of imidazole rings is 1. The normalized spacial score (nSPS) is 32.5. The number of ether oxygens (including phenoxy) is 2. The van der Waals surface area contributed by atoms with Crippen LogP contribution in [0.1, 0.15) is 12.5 Å². The van der Waals surface area contributed by atoms with Gasteiger partial charge in [-0.2, -0.15) is 0 Å². The van der Waals surface area contributed by atoms with Gasteiger partial charge in [-0.1, -0.05) is 0 Å². The number of hydrogen-bond acceptors (Lipinski definition) is 15. The van der Waals surface area contributed by atoms with E-state index in [1.807, 2.05) is 4.98 Å². The van der Waals surface area contributed by atoms with E-state index >= 15 is 0 Å². The monoisotopic (exact) mass is 573 g/mol.